The molecule has 0 aromatic heterocycles. The van der Waals surface area contributed by atoms with Gasteiger partial charge in [-0.2, -0.15) is 0 Å². The molecule has 0 saturated carbocycles. The molecule has 1 aliphatic heterocycles. The topological polar surface area (TPSA) is 73.5 Å². The first-order chi connectivity index (χ1) is 8.50. The lowest BCUT2D eigenvalue weighted by atomic mass is 9.94. The molecule has 2 unspecified atom stereocenters. The number of nitrogens with zero attached hydrogens (tertiary/aromatic N) is 1. The number of urea groups is 1. The number of rotatable bonds is 4. The Balaban J connectivity index is 2.15. The predicted molar refractivity (Wildman–Crippen MR) is 70.3 cm³/mol. The van der Waals surface area contributed by atoms with Crippen LogP contribution in [-0.2, 0) is 4.79 Å². The second-order valence-electron chi connectivity index (χ2n) is 5.05. The van der Waals surface area contributed by atoms with E-state index in [0.717, 1.165) is 19.4 Å². The van der Waals surface area contributed by atoms with E-state index in [0.29, 0.717) is 19.0 Å². The minimum atomic E-state index is -0.145. The minimum Gasteiger partial charge on any atom is -0.353 e. The molecule has 1 heterocycles. The molecular weight excluding hydrogens is 232 g/mol. The van der Waals surface area contributed by atoms with Crippen LogP contribution in [0.3, 0.4) is 0 Å². The summed E-state index contributed by atoms with van der Waals surface area (Å²) in [6, 6.07) is -0.230. The predicted octanol–water partition coefficient (Wildman–Crippen LogP) is -0.238. The normalized spacial score (nSPS) is 23.3. The first-order valence-electron chi connectivity index (χ1n) is 6.47. The molecule has 1 aliphatic rings. The molecule has 104 valence electrons. The van der Waals surface area contributed by atoms with Crippen molar-refractivity contribution < 1.29 is 9.59 Å². The maximum Gasteiger partial charge on any atom is 0.316 e. The Morgan fingerprint density at radius 3 is 2.56 bits per heavy atom. The molecule has 0 aliphatic carbocycles. The first-order valence-corrected chi connectivity index (χ1v) is 6.47. The fourth-order valence-electron chi connectivity index (χ4n) is 1.94. The SMILES string of the molecule is CC1CCNC(C(=O)NCCNC(=O)N(C)C)C1. The van der Waals surface area contributed by atoms with E-state index in [9.17, 15) is 9.59 Å². The van der Waals surface area contributed by atoms with Crippen molar-refractivity contribution in [2.75, 3.05) is 33.7 Å². The Morgan fingerprint density at radius 1 is 1.28 bits per heavy atom. The highest BCUT2D eigenvalue weighted by Crippen LogP contribution is 2.14. The van der Waals surface area contributed by atoms with Crippen LogP contribution in [0.2, 0.25) is 0 Å². The third-order valence-electron chi connectivity index (χ3n) is 3.09. The summed E-state index contributed by atoms with van der Waals surface area (Å²) >= 11 is 0. The molecule has 0 aromatic carbocycles. The van der Waals surface area contributed by atoms with Gasteiger partial charge >= 0.3 is 6.03 Å². The van der Waals surface area contributed by atoms with Crippen molar-refractivity contribution in [3.8, 4) is 0 Å². The van der Waals surface area contributed by atoms with Crippen molar-refractivity contribution >= 4 is 11.9 Å². The van der Waals surface area contributed by atoms with Crippen LogP contribution in [0.5, 0.6) is 0 Å². The zero-order valence-corrected chi connectivity index (χ0v) is 11.5. The van der Waals surface area contributed by atoms with Crippen molar-refractivity contribution in [3.63, 3.8) is 0 Å². The van der Waals surface area contributed by atoms with Gasteiger partial charge in [0.15, 0.2) is 0 Å². The first kappa shape index (κ1) is 14.8. The number of hydrogen-bond donors (Lipinski definition) is 3. The molecular formula is C12H24N4O2. The number of carbonyl (C=O) groups is 2. The van der Waals surface area contributed by atoms with Gasteiger partial charge in [-0.3, -0.25) is 4.79 Å². The standard InChI is InChI=1S/C12H24N4O2/c1-9-4-5-13-10(8-9)11(17)14-6-7-15-12(18)16(2)3/h9-10,13H,4-8H2,1-3H3,(H,14,17)(H,15,18). The van der Waals surface area contributed by atoms with Gasteiger partial charge in [-0.25, -0.2) is 4.79 Å². The summed E-state index contributed by atoms with van der Waals surface area (Å²) in [5.74, 6) is 0.621. The van der Waals surface area contributed by atoms with E-state index in [1.54, 1.807) is 14.1 Å². The summed E-state index contributed by atoms with van der Waals surface area (Å²) < 4.78 is 0. The van der Waals surface area contributed by atoms with Crippen molar-refractivity contribution in [2.24, 2.45) is 5.92 Å². The lowest BCUT2D eigenvalue weighted by molar-refractivity contribution is -0.123. The van der Waals surface area contributed by atoms with Crippen LogP contribution in [0.25, 0.3) is 0 Å². The van der Waals surface area contributed by atoms with Gasteiger partial charge in [0.2, 0.25) is 5.91 Å². The van der Waals surface area contributed by atoms with Gasteiger partial charge in [-0.05, 0) is 25.3 Å². The maximum absolute atomic E-state index is 11.8. The zero-order valence-electron chi connectivity index (χ0n) is 11.5. The van der Waals surface area contributed by atoms with Crippen LogP contribution in [0.1, 0.15) is 19.8 Å². The van der Waals surface area contributed by atoms with E-state index in [4.69, 9.17) is 0 Å². The lowest BCUT2D eigenvalue weighted by Gasteiger charge is -2.27. The summed E-state index contributed by atoms with van der Waals surface area (Å²) in [5, 5.41) is 8.74. The van der Waals surface area contributed by atoms with Gasteiger partial charge in [-0.15, -0.1) is 0 Å². The van der Waals surface area contributed by atoms with Crippen LogP contribution < -0.4 is 16.0 Å². The Kier molecular flexibility index (Phi) is 5.91. The fraction of sp³-hybridized carbons (Fsp3) is 0.833. The molecule has 3 N–H and O–H groups in total. The van der Waals surface area contributed by atoms with Crippen LogP contribution in [-0.4, -0.2) is 56.6 Å². The summed E-state index contributed by atoms with van der Waals surface area (Å²) in [6.07, 6.45) is 2.01. The van der Waals surface area contributed by atoms with E-state index >= 15 is 0 Å². The van der Waals surface area contributed by atoms with Crippen LogP contribution in [0, 0.1) is 5.92 Å². The molecule has 18 heavy (non-hydrogen) atoms. The highest BCUT2D eigenvalue weighted by atomic mass is 16.2. The number of piperidine rings is 1. The molecule has 0 aromatic rings. The van der Waals surface area contributed by atoms with Gasteiger partial charge in [0.05, 0.1) is 6.04 Å². The van der Waals surface area contributed by atoms with Crippen LogP contribution in [0.4, 0.5) is 4.79 Å². The van der Waals surface area contributed by atoms with E-state index < -0.39 is 0 Å². The van der Waals surface area contributed by atoms with Gasteiger partial charge in [-0.1, -0.05) is 6.92 Å². The molecule has 3 amide bonds. The average molecular weight is 256 g/mol. The van der Waals surface area contributed by atoms with Crippen LogP contribution >= 0.6 is 0 Å². The largest absolute Gasteiger partial charge is 0.353 e. The smallest absolute Gasteiger partial charge is 0.316 e. The second kappa shape index (κ2) is 7.20. The fourth-order valence-corrected chi connectivity index (χ4v) is 1.94. The quantitative estimate of drug-likeness (QED) is 0.608. The van der Waals surface area contributed by atoms with Crippen molar-refractivity contribution in [1.29, 1.82) is 0 Å². The lowest BCUT2D eigenvalue weighted by Crippen LogP contribution is -2.50. The molecule has 0 radical (unpaired) electrons. The number of amides is 3. The van der Waals surface area contributed by atoms with Gasteiger partial charge in [0.1, 0.15) is 0 Å². The Labute approximate surface area is 108 Å². The van der Waals surface area contributed by atoms with Gasteiger partial charge in [0, 0.05) is 27.2 Å². The molecule has 1 rings (SSSR count). The maximum atomic E-state index is 11.8. The molecule has 6 nitrogen and oxygen atoms in total. The molecule has 2 atom stereocenters. The summed E-state index contributed by atoms with van der Waals surface area (Å²) in [4.78, 5) is 24.5. The van der Waals surface area contributed by atoms with Crippen LogP contribution in [0.15, 0.2) is 0 Å². The number of carbonyl (C=O) groups excluding carboxylic acids is 2. The van der Waals surface area contributed by atoms with Crippen molar-refractivity contribution in [3.05, 3.63) is 0 Å². The molecule has 1 saturated heterocycles. The van der Waals surface area contributed by atoms with E-state index in [1.807, 2.05) is 0 Å². The molecule has 0 bridgehead atoms. The van der Waals surface area contributed by atoms with Gasteiger partial charge in [0.25, 0.3) is 0 Å². The van der Waals surface area contributed by atoms with Gasteiger partial charge < -0.3 is 20.9 Å². The molecule has 1 fully saturated rings. The van der Waals surface area contributed by atoms with Crippen molar-refractivity contribution in [1.82, 2.24) is 20.9 Å². The minimum absolute atomic E-state index is 0.0284. The molecule has 6 heteroatoms. The number of hydrogen-bond acceptors (Lipinski definition) is 3. The summed E-state index contributed by atoms with van der Waals surface area (Å²) in [6.45, 7) is 3.98. The summed E-state index contributed by atoms with van der Waals surface area (Å²) in [7, 11) is 3.36. The Morgan fingerprint density at radius 2 is 1.94 bits per heavy atom. The Bertz CT molecular complexity index is 294. The van der Waals surface area contributed by atoms with Crippen molar-refractivity contribution in [2.45, 2.75) is 25.8 Å². The summed E-state index contributed by atoms with van der Waals surface area (Å²) in [5.41, 5.74) is 0. The highest BCUT2D eigenvalue weighted by molar-refractivity contribution is 5.81. The average Bonchev–Trinajstić information content (AvgIpc) is 2.33. The molecule has 0 spiro atoms. The third kappa shape index (κ3) is 4.91. The third-order valence-corrected chi connectivity index (χ3v) is 3.09. The van der Waals surface area contributed by atoms with E-state index in [1.165, 1.54) is 4.90 Å². The Hall–Kier alpha value is -1.30. The number of nitrogens with one attached hydrogen (secondary N) is 3. The zero-order chi connectivity index (χ0) is 13.5. The van der Waals surface area contributed by atoms with E-state index in [2.05, 4.69) is 22.9 Å². The monoisotopic (exact) mass is 256 g/mol. The highest BCUT2D eigenvalue weighted by Gasteiger charge is 2.23. The second-order valence-corrected chi connectivity index (χ2v) is 5.05. The van der Waals surface area contributed by atoms with E-state index in [-0.39, 0.29) is 18.0 Å².